The van der Waals surface area contributed by atoms with Crippen molar-refractivity contribution in [2.24, 2.45) is 0 Å². The van der Waals surface area contributed by atoms with Gasteiger partial charge in [0.25, 0.3) is 0 Å². The van der Waals surface area contributed by atoms with Crippen molar-refractivity contribution in [2.45, 2.75) is 12.7 Å². The summed E-state index contributed by atoms with van der Waals surface area (Å²) in [4.78, 5) is 0. The van der Waals surface area contributed by atoms with Crippen LogP contribution in [0.4, 0.5) is 13.2 Å². The van der Waals surface area contributed by atoms with Gasteiger partial charge in [-0.2, -0.15) is 13.2 Å². The van der Waals surface area contributed by atoms with Crippen LogP contribution in [0, 0.1) is 0 Å². The monoisotopic (exact) mass is 253 g/mol. The van der Waals surface area contributed by atoms with Crippen LogP contribution in [-0.2, 0) is 6.54 Å². The third-order valence-corrected chi connectivity index (χ3v) is 2.28. The van der Waals surface area contributed by atoms with E-state index in [0.717, 1.165) is 0 Å². The van der Waals surface area contributed by atoms with Crippen LogP contribution >= 0.6 is 11.6 Å². The highest BCUT2D eigenvalue weighted by Crippen LogP contribution is 2.26. The molecule has 1 aromatic rings. The first-order valence-electron chi connectivity index (χ1n) is 4.53. The van der Waals surface area contributed by atoms with Crippen LogP contribution in [0.25, 0.3) is 0 Å². The van der Waals surface area contributed by atoms with E-state index in [4.69, 9.17) is 16.3 Å². The first-order valence-corrected chi connectivity index (χ1v) is 4.90. The summed E-state index contributed by atoms with van der Waals surface area (Å²) in [6, 6.07) is 4.93. The normalized spacial score (nSPS) is 11.6. The number of rotatable bonds is 4. The largest absolute Gasteiger partial charge is 0.496 e. The Hall–Kier alpha value is -0.940. The predicted molar refractivity (Wildman–Crippen MR) is 55.8 cm³/mol. The van der Waals surface area contributed by atoms with Gasteiger partial charge in [0.15, 0.2) is 0 Å². The number of methoxy groups -OCH3 is 1. The van der Waals surface area contributed by atoms with Crippen LogP contribution in [-0.4, -0.2) is 19.8 Å². The molecule has 1 rings (SSSR count). The summed E-state index contributed by atoms with van der Waals surface area (Å²) in [5.41, 5.74) is 0.524. The summed E-state index contributed by atoms with van der Waals surface area (Å²) in [5, 5.41) is 2.65. The highest BCUT2D eigenvalue weighted by atomic mass is 35.5. The van der Waals surface area contributed by atoms with Crippen molar-refractivity contribution < 1.29 is 17.9 Å². The highest BCUT2D eigenvalue weighted by Gasteiger charge is 2.26. The van der Waals surface area contributed by atoms with Gasteiger partial charge in [-0.1, -0.05) is 17.7 Å². The summed E-state index contributed by atoms with van der Waals surface area (Å²) in [6.07, 6.45) is -4.23. The number of benzene rings is 1. The molecule has 6 heteroatoms. The second-order valence-electron chi connectivity index (χ2n) is 3.14. The molecule has 0 bridgehead atoms. The minimum atomic E-state index is -4.23. The van der Waals surface area contributed by atoms with Gasteiger partial charge in [0.2, 0.25) is 0 Å². The molecule has 0 atom stereocenters. The van der Waals surface area contributed by atoms with Gasteiger partial charge < -0.3 is 10.1 Å². The molecule has 0 saturated carbocycles. The quantitative estimate of drug-likeness (QED) is 0.891. The van der Waals surface area contributed by atoms with Crippen molar-refractivity contribution in [1.29, 1.82) is 0 Å². The molecular weight excluding hydrogens is 243 g/mol. The summed E-state index contributed by atoms with van der Waals surface area (Å²) < 4.78 is 40.7. The van der Waals surface area contributed by atoms with Crippen molar-refractivity contribution in [1.82, 2.24) is 5.32 Å². The van der Waals surface area contributed by atoms with Crippen LogP contribution in [0.3, 0.4) is 0 Å². The Morgan fingerprint density at radius 2 is 2.06 bits per heavy atom. The van der Waals surface area contributed by atoms with E-state index in [1.807, 2.05) is 0 Å². The lowest BCUT2D eigenvalue weighted by atomic mass is 10.2. The molecule has 1 N–H and O–H groups in total. The zero-order valence-corrected chi connectivity index (χ0v) is 9.32. The van der Waals surface area contributed by atoms with Crippen molar-refractivity contribution in [2.75, 3.05) is 13.7 Å². The van der Waals surface area contributed by atoms with E-state index < -0.39 is 12.7 Å². The Balaban J connectivity index is 2.66. The van der Waals surface area contributed by atoms with E-state index in [9.17, 15) is 13.2 Å². The van der Waals surface area contributed by atoms with E-state index in [0.29, 0.717) is 16.3 Å². The molecule has 0 fully saturated rings. The minimum Gasteiger partial charge on any atom is -0.496 e. The molecule has 0 saturated heterocycles. The molecule has 0 amide bonds. The molecule has 0 aliphatic carbocycles. The molecule has 0 aliphatic heterocycles. The maximum Gasteiger partial charge on any atom is 0.401 e. The van der Waals surface area contributed by atoms with E-state index in [1.54, 1.807) is 18.2 Å². The van der Waals surface area contributed by atoms with Crippen LogP contribution in [0.1, 0.15) is 5.56 Å². The zero-order chi connectivity index (χ0) is 12.2. The Bertz CT molecular complexity index is 354. The number of hydrogen-bond donors (Lipinski definition) is 1. The maximum absolute atomic E-state index is 11.9. The van der Waals surface area contributed by atoms with Crippen LogP contribution in [0.5, 0.6) is 5.75 Å². The average Bonchev–Trinajstić information content (AvgIpc) is 2.18. The topological polar surface area (TPSA) is 21.3 Å². The molecule has 0 aromatic heterocycles. The number of ether oxygens (including phenoxy) is 1. The number of hydrogen-bond acceptors (Lipinski definition) is 2. The smallest absolute Gasteiger partial charge is 0.401 e. The summed E-state index contributed by atoms with van der Waals surface area (Å²) in [5.74, 6) is 0.474. The second-order valence-corrected chi connectivity index (χ2v) is 3.55. The fourth-order valence-electron chi connectivity index (χ4n) is 1.23. The predicted octanol–water partition coefficient (Wildman–Crippen LogP) is 3.00. The average molecular weight is 254 g/mol. The highest BCUT2D eigenvalue weighted by molar-refractivity contribution is 6.31. The third-order valence-electron chi connectivity index (χ3n) is 1.92. The number of alkyl halides is 3. The van der Waals surface area contributed by atoms with Gasteiger partial charge >= 0.3 is 6.18 Å². The standard InChI is InChI=1S/C10H11ClF3NO/c1-16-9-4-2-3-8(11)7(9)5-15-6-10(12,13)14/h2-4,15H,5-6H2,1H3. The van der Waals surface area contributed by atoms with Crippen LogP contribution < -0.4 is 10.1 Å². The van der Waals surface area contributed by atoms with Crippen LogP contribution in [0.15, 0.2) is 18.2 Å². The van der Waals surface area contributed by atoms with E-state index in [-0.39, 0.29) is 6.54 Å². The maximum atomic E-state index is 11.9. The molecule has 0 spiro atoms. The van der Waals surface area contributed by atoms with Gasteiger partial charge in [0.1, 0.15) is 5.75 Å². The van der Waals surface area contributed by atoms with E-state index in [1.165, 1.54) is 7.11 Å². The van der Waals surface area contributed by atoms with E-state index in [2.05, 4.69) is 5.32 Å². The second kappa shape index (κ2) is 5.41. The van der Waals surface area contributed by atoms with Crippen molar-refractivity contribution in [3.63, 3.8) is 0 Å². The first kappa shape index (κ1) is 13.1. The van der Waals surface area contributed by atoms with Gasteiger partial charge in [0.05, 0.1) is 13.7 Å². The lowest BCUT2D eigenvalue weighted by molar-refractivity contribution is -0.125. The fraction of sp³-hybridized carbons (Fsp3) is 0.400. The molecule has 2 nitrogen and oxygen atoms in total. The minimum absolute atomic E-state index is 0.0162. The Labute approximate surface area is 96.4 Å². The van der Waals surface area contributed by atoms with Crippen molar-refractivity contribution in [3.05, 3.63) is 28.8 Å². The molecular formula is C10H11ClF3NO. The number of halogens is 4. The number of nitrogens with one attached hydrogen (secondary N) is 1. The molecule has 90 valence electrons. The summed E-state index contributed by atoms with van der Waals surface area (Å²) in [6.45, 7) is -1.04. The third kappa shape index (κ3) is 3.90. The van der Waals surface area contributed by atoms with Gasteiger partial charge in [-0.05, 0) is 12.1 Å². The molecule has 0 aliphatic rings. The van der Waals surface area contributed by atoms with Crippen LogP contribution in [0.2, 0.25) is 5.02 Å². The SMILES string of the molecule is COc1cccc(Cl)c1CNCC(F)(F)F. The first-order chi connectivity index (χ1) is 7.44. The Kier molecular flexibility index (Phi) is 4.44. The Morgan fingerprint density at radius 3 is 2.62 bits per heavy atom. The van der Waals surface area contributed by atoms with Crippen molar-refractivity contribution >= 4 is 11.6 Å². The summed E-state index contributed by atoms with van der Waals surface area (Å²) >= 11 is 5.86. The molecule has 0 unspecified atom stereocenters. The Morgan fingerprint density at radius 1 is 1.38 bits per heavy atom. The lowest BCUT2D eigenvalue weighted by Gasteiger charge is -2.12. The molecule has 0 radical (unpaired) electrons. The van der Waals surface area contributed by atoms with Gasteiger partial charge in [0, 0.05) is 17.1 Å². The van der Waals surface area contributed by atoms with E-state index >= 15 is 0 Å². The van der Waals surface area contributed by atoms with Gasteiger partial charge in [-0.15, -0.1) is 0 Å². The lowest BCUT2D eigenvalue weighted by Crippen LogP contribution is -2.28. The molecule has 1 aromatic carbocycles. The molecule has 16 heavy (non-hydrogen) atoms. The summed E-state index contributed by atoms with van der Waals surface area (Å²) in [7, 11) is 1.44. The van der Waals surface area contributed by atoms with Gasteiger partial charge in [-0.25, -0.2) is 0 Å². The van der Waals surface area contributed by atoms with Crippen molar-refractivity contribution in [3.8, 4) is 5.75 Å². The molecule has 0 heterocycles. The van der Waals surface area contributed by atoms with Gasteiger partial charge in [-0.3, -0.25) is 0 Å². The fourth-order valence-corrected chi connectivity index (χ4v) is 1.46. The zero-order valence-electron chi connectivity index (χ0n) is 8.57.